The summed E-state index contributed by atoms with van der Waals surface area (Å²) in [6.45, 7) is 2.96. The number of hydrogen-bond acceptors (Lipinski definition) is 4. The van der Waals surface area contributed by atoms with Crippen molar-refractivity contribution < 1.29 is 0 Å². The lowest BCUT2D eigenvalue weighted by Crippen LogP contribution is -2.22. The molecule has 0 amide bonds. The van der Waals surface area contributed by atoms with Gasteiger partial charge in [0.2, 0.25) is 0 Å². The zero-order chi connectivity index (χ0) is 13.8. The summed E-state index contributed by atoms with van der Waals surface area (Å²) < 4.78 is 0. The fraction of sp³-hybridized carbons (Fsp3) is 0.188. The van der Waals surface area contributed by atoms with Crippen LogP contribution in [0, 0.1) is 0 Å². The van der Waals surface area contributed by atoms with Crippen LogP contribution in [-0.4, -0.2) is 21.5 Å². The maximum Gasteiger partial charge on any atom is 0.115 e. The molecule has 2 aromatic heterocycles. The van der Waals surface area contributed by atoms with Crippen molar-refractivity contribution >= 4 is 10.8 Å². The van der Waals surface area contributed by atoms with Gasteiger partial charge in [0, 0.05) is 35.7 Å². The van der Waals surface area contributed by atoms with Gasteiger partial charge in [-0.3, -0.25) is 4.98 Å². The first-order valence-electron chi connectivity index (χ1n) is 6.71. The van der Waals surface area contributed by atoms with Gasteiger partial charge in [-0.2, -0.15) is 0 Å². The van der Waals surface area contributed by atoms with Crippen LogP contribution in [0.25, 0.3) is 10.8 Å². The third kappa shape index (κ3) is 2.38. The molecule has 0 radical (unpaired) electrons. The standard InChI is InChI=1S/C16H16N4/c1-2-20-16(13-8-18-11-19-9-13)15-10-17-7-12-5-3-4-6-14(12)15/h3-11,16,20H,2H2,1H3. The molecule has 0 saturated carbocycles. The predicted molar refractivity (Wildman–Crippen MR) is 79.3 cm³/mol. The molecule has 3 rings (SSSR count). The molecule has 0 bridgehead atoms. The van der Waals surface area contributed by atoms with Gasteiger partial charge in [0.25, 0.3) is 0 Å². The Morgan fingerprint density at radius 2 is 1.80 bits per heavy atom. The van der Waals surface area contributed by atoms with Crippen LogP contribution in [0.1, 0.15) is 24.1 Å². The van der Waals surface area contributed by atoms with Crippen molar-refractivity contribution in [3.05, 3.63) is 66.5 Å². The van der Waals surface area contributed by atoms with Crippen LogP contribution in [0.3, 0.4) is 0 Å². The van der Waals surface area contributed by atoms with E-state index in [-0.39, 0.29) is 6.04 Å². The van der Waals surface area contributed by atoms with Crippen LogP contribution in [-0.2, 0) is 0 Å². The average Bonchev–Trinajstić information content (AvgIpc) is 2.53. The second-order valence-corrected chi connectivity index (χ2v) is 4.61. The maximum atomic E-state index is 4.36. The smallest absolute Gasteiger partial charge is 0.115 e. The van der Waals surface area contributed by atoms with E-state index in [2.05, 4.69) is 45.4 Å². The molecule has 20 heavy (non-hydrogen) atoms. The number of benzene rings is 1. The molecule has 0 spiro atoms. The summed E-state index contributed by atoms with van der Waals surface area (Å²) in [5.41, 5.74) is 2.20. The number of nitrogens with one attached hydrogen (secondary N) is 1. The summed E-state index contributed by atoms with van der Waals surface area (Å²) in [4.78, 5) is 12.6. The zero-order valence-electron chi connectivity index (χ0n) is 11.3. The van der Waals surface area contributed by atoms with Crippen molar-refractivity contribution in [2.45, 2.75) is 13.0 Å². The average molecular weight is 264 g/mol. The van der Waals surface area contributed by atoms with Crippen molar-refractivity contribution in [1.82, 2.24) is 20.3 Å². The SMILES string of the molecule is CCNC(c1cncnc1)c1cncc2ccccc12. The lowest BCUT2D eigenvalue weighted by molar-refractivity contribution is 0.628. The zero-order valence-corrected chi connectivity index (χ0v) is 11.3. The second kappa shape index (κ2) is 5.75. The van der Waals surface area contributed by atoms with Crippen LogP contribution in [0.15, 0.2) is 55.4 Å². The Labute approximate surface area is 117 Å². The summed E-state index contributed by atoms with van der Waals surface area (Å²) in [6.07, 6.45) is 9.06. The fourth-order valence-corrected chi connectivity index (χ4v) is 2.44. The largest absolute Gasteiger partial charge is 0.306 e. The lowest BCUT2D eigenvalue weighted by atomic mass is 9.97. The van der Waals surface area contributed by atoms with E-state index in [0.29, 0.717) is 0 Å². The molecule has 1 N–H and O–H groups in total. The van der Waals surface area contributed by atoms with Gasteiger partial charge >= 0.3 is 0 Å². The van der Waals surface area contributed by atoms with E-state index in [1.54, 1.807) is 6.33 Å². The number of rotatable bonds is 4. The third-order valence-corrected chi connectivity index (χ3v) is 3.33. The number of fused-ring (bicyclic) bond motifs is 1. The van der Waals surface area contributed by atoms with E-state index in [0.717, 1.165) is 23.1 Å². The summed E-state index contributed by atoms with van der Waals surface area (Å²) in [5.74, 6) is 0. The van der Waals surface area contributed by atoms with Gasteiger partial charge < -0.3 is 5.32 Å². The molecule has 0 aliphatic heterocycles. The second-order valence-electron chi connectivity index (χ2n) is 4.61. The van der Waals surface area contributed by atoms with E-state index in [4.69, 9.17) is 0 Å². The van der Waals surface area contributed by atoms with Crippen LogP contribution < -0.4 is 5.32 Å². The van der Waals surface area contributed by atoms with Gasteiger partial charge in [0.05, 0.1) is 6.04 Å². The minimum Gasteiger partial charge on any atom is -0.306 e. The van der Waals surface area contributed by atoms with Gasteiger partial charge in [-0.15, -0.1) is 0 Å². The predicted octanol–water partition coefficient (Wildman–Crippen LogP) is 2.72. The van der Waals surface area contributed by atoms with E-state index < -0.39 is 0 Å². The van der Waals surface area contributed by atoms with Gasteiger partial charge in [-0.05, 0) is 17.5 Å². The fourth-order valence-electron chi connectivity index (χ4n) is 2.44. The highest BCUT2D eigenvalue weighted by Gasteiger charge is 2.16. The number of aromatic nitrogens is 3. The molecular weight excluding hydrogens is 248 g/mol. The van der Waals surface area contributed by atoms with Crippen molar-refractivity contribution in [1.29, 1.82) is 0 Å². The highest BCUT2D eigenvalue weighted by Crippen LogP contribution is 2.27. The summed E-state index contributed by atoms with van der Waals surface area (Å²) in [6, 6.07) is 8.34. The Morgan fingerprint density at radius 3 is 2.60 bits per heavy atom. The molecule has 100 valence electrons. The third-order valence-electron chi connectivity index (χ3n) is 3.33. The molecule has 1 atom stereocenters. The van der Waals surface area contributed by atoms with Crippen LogP contribution in [0.4, 0.5) is 0 Å². The maximum absolute atomic E-state index is 4.36. The Balaban J connectivity index is 2.15. The molecule has 0 aliphatic rings. The van der Waals surface area contributed by atoms with Gasteiger partial charge in [-0.1, -0.05) is 31.2 Å². The normalized spacial score (nSPS) is 12.4. The first kappa shape index (κ1) is 12.7. The molecule has 0 aliphatic carbocycles. The Bertz CT molecular complexity index is 692. The first-order valence-corrected chi connectivity index (χ1v) is 6.71. The first-order chi connectivity index (χ1) is 9.90. The molecule has 0 fully saturated rings. The summed E-state index contributed by atoms with van der Waals surface area (Å²) in [5, 5.41) is 5.84. The van der Waals surface area contributed by atoms with E-state index in [1.807, 2.05) is 30.9 Å². The topological polar surface area (TPSA) is 50.7 Å². The molecule has 3 aromatic rings. The minimum atomic E-state index is 0.0554. The van der Waals surface area contributed by atoms with Crippen LogP contribution >= 0.6 is 0 Å². The van der Waals surface area contributed by atoms with E-state index >= 15 is 0 Å². The molecule has 1 unspecified atom stereocenters. The molecule has 1 aromatic carbocycles. The lowest BCUT2D eigenvalue weighted by Gasteiger charge is -2.19. The Morgan fingerprint density at radius 1 is 1.00 bits per heavy atom. The molecule has 4 nitrogen and oxygen atoms in total. The molecule has 4 heteroatoms. The summed E-state index contributed by atoms with van der Waals surface area (Å²) >= 11 is 0. The van der Waals surface area contributed by atoms with E-state index in [9.17, 15) is 0 Å². The molecular formula is C16H16N4. The van der Waals surface area contributed by atoms with Crippen molar-refractivity contribution in [2.24, 2.45) is 0 Å². The van der Waals surface area contributed by atoms with Crippen molar-refractivity contribution in [2.75, 3.05) is 6.54 Å². The quantitative estimate of drug-likeness (QED) is 0.787. The van der Waals surface area contributed by atoms with Gasteiger partial charge in [0.1, 0.15) is 6.33 Å². The number of hydrogen-bond donors (Lipinski definition) is 1. The Kier molecular flexibility index (Phi) is 3.65. The van der Waals surface area contributed by atoms with Crippen LogP contribution in [0.2, 0.25) is 0 Å². The molecule has 2 heterocycles. The van der Waals surface area contributed by atoms with Crippen molar-refractivity contribution in [3.8, 4) is 0 Å². The number of nitrogens with zero attached hydrogens (tertiary/aromatic N) is 3. The number of pyridine rings is 1. The molecule has 0 saturated heterocycles. The van der Waals surface area contributed by atoms with Crippen LogP contribution in [0.5, 0.6) is 0 Å². The van der Waals surface area contributed by atoms with Gasteiger partial charge in [0.15, 0.2) is 0 Å². The van der Waals surface area contributed by atoms with E-state index in [1.165, 1.54) is 5.39 Å². The highest BCUT2D eigenvalue weighted by atomic mass is 14.9. The van der Waals surface area contributed by atoms with Gasteiger partial charge in [-0.25, -0.2) is 9.97 Å². The van der Waals surface area contributed by atoms with Crippen molar-refractivity contribution in [3.63, 3.8) is 0 Å². The summed E-state index contributed by atoms with van der Waals surface area (Å²) in [7, 11) is 0. The minimum absolute atomic E-state index is 0.0554. The monoisotopic (exact) mass is 264 g/mol. The highest BCUT2D eigenvalue weighted by molar-refractivity contribution is 5.85. The Hall–Kier alpha value is -2.33.